The summed E-state index contributed by atoms with van der Waals surface area (Å²) in [6.45, 7) is 4.33. The normalized spacial score (nSPS) is 12.5. The van der Waals surface area contributed by atoms with Crippen LogP contribution in [0.25, 0.3) is 0 Å². The van der Waals surface area contributed by atoms with Crippen molar-refractivity contribution < 1.29 is 9.53 Å². The van der Waals surface area contributed by atoms with Crippen molar-refractivity contribution in [3.8, 4) is 0 Å². The maximum Gasteiger partial charge on any atom is 0.242 e. The van der Waals surface area contributed by atoms with Crippen molar-refractivity contribution >= 4 is 22.6 Å². The van der Waals surface area contributed by atoms with Crippen LogP contribution in [0.3, 0.4) is 0 Å². The molecule has 1 heterocycles. The van der Waals surface area contributed by atoms with Gasteiger partial charge >= 0.3 is 0 Å². The number of anilines is 1. The lowest BCUT2D eigenvalue weighted by Crippen LogP contribution is -2.41. The van der Waals surface area contributed by atoms with Crippen molar-refractivity contribution in [3.63, 3.8) is 0 Å². The number of carbonyl (C=O) groups excluding carboxylic acids is 1. The highest BCUT2D eigenvalue weighted by molar-refractivity contribution is 7.09. The second kappa shape index (κ2) is 6.51. The van der Waals surface area contributed by atoms with Crippen LogP contribution in [0.2, 0.25) is 0 Å². The van der Waals surface area contributed by atoms with Crippen LogP contribution in [0, 0.1) is 5.92 Å². The summed E-state index contributed by atoms with van der Waals surface area (Å²) in [6.07, 6.45) is 0. The smallest absolute Gasteiger partial charge is 0.242 e. The van der Waals surface area contributed by atoms with E-state index < -0.39 is 0 Å². The first-order chi connectivity index (χ1) is 8.08. The van der Waals surface area contributed by atoms with Crippen LogP contribution in [0.1, 0.15) is 19.7 Å². The van der Waals surface area contributed by atoms with E-state index in [9.17, 15) is 4.79 Å². The molecule has 0 fully saturated rings. The molecule has 2 N–H and O–H groups in total. The molecule has 0 aliphatic carbocycles. The fraction of sp³-hybridized carbons (Fsp3) is 0.700. The summed E-state index contributed by atoms with van der Waals surface area (Å²) in [4.78, 5) is 15.9. The van der Waals surface area contributed by atoms with Gasteiger partial charge in [-0.15, -0.1) is 0 Å². The number of hydrogen-bond acceptors (Lipinski definition) is 6. The molecule has 6 nitrogen and oxygen atoms in total. The summed E-state index contributed by atoms with van der Waals surface area (Å²) in [7, 11) is 3.21. The van der Waals surface area contributed by atoms with Gasteiger partial charge in [0.25, 0.3) is 0 Å². The van der Waals surface area contributed by atoms with Gasteiger partial charge in [-0.2, -0.15) is 4.37 Å². The molecule has 17 heavy (non-hydrogen) atoms. The minimum absolute atomic E-state index is 0.0523. The number of rotatable bonds is 6. The lowest BCUT2D eigenvalue weighted by Gasteiger charge is -2.19. The first-order valence-corrected chi connectivity index (χ1v) is 6.15. The molecule has 0 radical (unpaired) electrons. The minimum atomic E-state index is -0.302. The van der Waals surface area contributed by atoms with Crippen LogP contribution in [0.4, 0.5) is 5.13 Å². The molecular weight excluding hydrogens is 240 g/mol. The number of aromatic nitrogens is 2. The Bertz CT molecular complexity index is 367. The van der Waals surface area contributed by atoms with Crippen LogP contribution in [-0.2, 0) is 16.1 Å². The number of likely N-dealkylation sites (N-methyl/N-ethyl adjacent to an activating group) is 1. The average molecular weight is 258 g/mol. The zero-order valence-electron chi connectivity index (χ0n) is 10.5. The first kappa shape index (κ1) is 13.9. The Kier molecular flexibility index (Phi) is 5.30. The van der Waals surface area contributed by atoms with E-state index in [2.05, 4.69) is 20.0 Å². The molecule has 7 heteroatoms. The highest BCUT2D eigenvalue weighted by Crippen LogP contribution is 2.15. The third kappa shape index (κ3) is 3.94. The summed E-state index contributed by atoms with van der Waals surface area (Å²) in [5.74, 6) is 0.743. The lowest BCUT2D eigenvalue weighted by atomic mass is 10.0. The highest BCUT2D eigenvalue weighted by Gasteiger charge is 2.22. The van der Waals surface area contributed by atoms with E-state index >= 15 is 0 Å². The number of ether oxygens (including phenoxy) is 1. The van der Waals surface area contributed by atoms with E-state index in [1.807, 2.05) is 13.8 Å². The van der Waals surface area contributed by atoms with E-state index in [0.717, 1.165) is 0 Å². The van der Waals surface area contributed by atoms with Crippen LogP contribution in [0.15, 0.2) is 0 Å². The summed E-state index contributed by atoms with van der Waals surface area (Å²) >= 11 is 1.23. The van der Waals surface area contributed by atoms with Gasteiger partial charge in [0.15, 0.2) is 5.82 Å². The molecule has 0 saturated heterocycles. The van der Waals surface area contributed by atoms with Crippen molar-refractivity contribution in [1.29, 1.82) is 0 Å². The van der Waals surface area contributed by atoms with Gasteiger partial charge in [0, 0.05) is 25.7 Å². The van der Waals surface area contributed by atoms with Gasteiger partial charge < -0.3 is 15.4 Å². The minimum Gasteiger partial charge on any atom is -0.377 e. The van der Waals surface area contributed by atoms with Crippen LogP contribution in [-0.4, -0.2) is 35.5 Å². The molecule has 1 rings (SSSR count). The maximum atomic E-state index is 11.6. The molecule has 1 atom stereocenters. The van der Waals surface area contributed by atoms with Crippen LogP contribution >= 0.6 is 11.5 Å². The van der Waals surface area contributed by atoms with Gasteiger partial charge in [0.1, 0.15) is 12.6 Å². The second-order valence-electron chi connectivity index (χ2n) is 3.93. The maximum absolute atomic E-state index is 11.6. The Morgan fingerprint density at radius 3 is 2.76 bits per heavy atom. The zero-order valence-corrected chi connectivity index (χ0v) is 11.3. The van der Waals surface area contributed by atoms with Gasteiger partial charge in [-0.3, -0.25) is 4.79 Å². The molecule has 0 aliphatic heterocycles. The Morgan fingerprint density at radius 2 is 2.24 bits per heavy atom. The highest BCUT2D eigenvalue weighted by atomic mass is 32.1. The summed E-state index contributed by atoms with van der Waals surface area (Å²) in [5.41, 5.74) is 0. The van der Waals surface area contributed by atoms with E-state index in [4.69, 9.17) is 4.74 Å². The van der Waals surface area contributed by atoms with Gasteiger partial charge in [0.2, 0.25) is 11.0 Å². The number of hydrogen-bond donors (Lipinski definition) is 2. The van der Waals surface area contributed by atoms with Gasteiger partial charge in [-0.25, -0.2) is 4.98 Å². The summed E-state index contributed by atoms with van der Waals surface area (Å²) in [6, 6.07) is -0.302. The molecule has 1 aromatic heterocycles. The number of nitrogens with zero attached hydrogens (tertiary/aromatic N) is 2. The van der Waals surface area contributed by atoms with Gasteiger partial charge in [-0.1, -0.05) is 13.8 Å². The molecule has 0 aliphatic rings. The third-order valence-electron chi connectivity index (χ3n) is 2.22. The Balaban J connectivity index is 2.68. The average Bonchev–Trinajstić information content (AvgIpc) is 2.73. The predicted octanol–water partition coefficient (Wildman–Crippen LogP) is 0.867. The molecule has 1 amide bonds. The lowest BCUT2D eigenvalue weighted by molar-refractivity contribution is -0.122. The van der Waals surface area contributed by atoms with Gasteiger partial charge in [0.05, 0.1) is 0 Å². The molecular formula is C10H18N4O2S. The first-order valence-electron chi connectivity index (χ1n) is 5.38. The number of methoxy groups -OCH3 is 1. The molecule has 0 spiro atoms. The molecule has 1 aromatic rings. The van der Waals surface area contributed by atoms with Crippen LogP contribution < -0.4 is 10.6 Å². The molecule has 0 aromatic carbocycles. The van der Waals surface area contributed by atoms with Crippen molar-refractivity contribution in [1.82, 2.24) is 14.7 Å². The Morgan fingerprint density at radius 1 is 1.53 bits per heavy atom. The monoisotopic (exact) mass is 258 g/mol. The largest absolute Gasteiger partial charge is 0.377 e. The molecule has 96 valence electrons. The quantitative estimate of drug-likeness (QED) is 0.791. The van der Waals surface area contributed by atoms with E-state index in [1.54, 1.807) is 14.2 Å². The second-order valence-corrected chi connectivity index (χ2v) is 4.68. The van der Waals surface area contributed by atoms with Crippen molar-refractivity contribution in [2.45, 2.75) is 26.5 Å². The third-order valence-corrected chi connectivity index (χ3v) is 2.90. The van der Waals surface area contributed by atoms with Crippen molar-refractivity contribution in [3.05, 3.63) is 5.82 Å². The summed E-state index contributed by atoms with van der Waals surface area (Å²) < 4.78 is 9.05. The zero-order chi connectivity index (χ0) is 12.8. The van der Waals surface area contributed by atoms with E-state index in [1.165, 1.54) is 11.5 Å². The van der Waals surface area contributed by atoms with Crippen molar-refractivity contribution in [2.24, 2.45) is 5.92 Å². The van der Waals surface area contributed by atoms with E-state index in [0.29, 0.717) is 17.6 Å². The number of amides is 1. The molecule has 0 saturated carbocycles. The Hall–Kier alpha value is -1.21. The Labute approximate surface area is 105 Å². The SMILES string of the molecule is CNC(=O)C(Nc1nc(COC)ns1)C(C)C. The van der Waals surface area contributed by atoms with Gasteiger partial charge in [-0.05, 0) is 5.92 Å². The van der Waals surface area contributed by atoms with E-state index in [-0.39, 0.29) is 17.9 Å². The molecule has 0 bridgehead atoms. The number of nitrogens with one attached hydrogen (secondary N) is 2. The fourth-order valence-corrected chi connectivity index (χ4v) is 1.94. The van der Waals surface area contributed by atoms with Crippen LogP contribution in [0.5, 0.6) is 0 Å². The predicted molar refractivity (Wildman–Crippen MR) is 66.9 cm³/mol. The number of carbonyl (C=O) groups is 1. The summed E-state index contributed by atoms with van der Waals surface area (Å²) in [5, 5.41) is 6.35. The van der Waals surface area contributed by atoms with Crippen molar-refractivity contribution in [2.75, 3.05) is 19.5 Å². The molecule has 1 unspecified atom stereocenters. The topological polar surface area (TPSA) is 76.1 Å². The standard InChI is InChI=1S/C10H18N4O2S/c1-6(2)8(9(15)11-3)13-10-12-7(5-16-4)14-17-10/h6,8H,5H2,1-4H3,(H,11,15)(H,12,13,14). The fourth-order valence-electron chi connectivity index (χ4n) is 1.32.